The summed E-state index contributed by atoms with van der Waals surface area (Å²) in [5.41, 5.74) is -0.809. The molecule has 0 aromatic heterocycles. The molecule has 19 heavy (non-hydrogen) atoms. The number of carboxylic acid groups (broad SMARTS) is 1. The maximum Gasteiger partial charge on any atom is 0.303 e. The van der Waals surface area contributed by atoms with Crippen LogP contribution >= 0.6 is 0 Å². The molecule has 1 N–H and O–H groups in total. The Kier molecular flexibility index (Phi) is 4.91. The quantitative estimate of drug-likeness (QED) is 0.746. The van der Waals surface area contributed by atoms with Gasteiger partial charge in [-0.1, -0.05) is 0 Å². The molecule has 1 rings (SSSR count). The first-order chi connectivity index (χ1) is 8.76. The van der Waals surface area contributed by atoms with Crippen LogP contribution in [0.5, 0.6) is 0 Å². The van der Waals surface area contributed by atoms with E-state index >= 15 is 0 Å². The molecule has 0 bridgehead atoms. The van der Waals surface area contributed by atoms with Gasteiger partial charge in [-0.25, -0.2) is 0 Å². The van der Waals surface area contributed by atoms with Crippen molar-refractivity contribution < 1.29 is 19.5 Å². The topological polar surface area (TPSA) is 77.9 Å². The highest BCUT2D eigenvalue weighted by atomic mass is 16.4. The van der Waals surface area contributed by atoms with Crippen molar-refractivity contribution in [1.29, 1.82) is 0 Å². The Balaban J connectivity index is 2.52. The Morgan fingerprint density at radius 1 is 1.21 bits per heavy atom. The Morgan fingerprint density at radius 2 is 1.79 bits per heavy atom. The van der Waals surface area contributed by atoms with Crippen LogP contribution < -0.4 is 0 Å². The lowest BCUT2D eigenvalue weighted by Crippen LogP contribution is -2.63. The van der Waals surface area contributed by atoms with E-state index < -0.39 is 11.5 Å². The molecule has 6 nitrogen and oxygen atoms in total. The largest absolute Gasteiger partial charge is 0.481 e. The second-order valence-corrected chi connectivity index (χ2v) is 5.43. The average Bonchev–Trinajstić information content (AvgIpc) is 2.31. The molecule has 108 valence electrons. The number of aliphatic carboxylic acids is 1. The summed E-state index contributed by atoms with van der Waals surface area (Å²) in [6.45, 7) is 4.58. The predicted molar refractivity (Wildman–Crippen MR) is 69.5 cm³/mol. The Morgan fingerprint density at radius 3 is 2.37 bits per heavy atom. The van der Waals surface area contributed by atoms with Gasteiger partial charge in [0.05, 0.1) is 0 Å². The van der Waals surface area contributed by atoms with E-state index in [9.17, 15) is 14.4 Å². The minimum Gasteiger partial charge on any atom is -0.481 e. The zero-order chi connectivity index (χ0) is 14.6. The van der Waals surface area contributed by atoms with E-state index in [1.54, 1.807) is 30.7 Å². The van der Waals surface area contributed by atoms with E-state index in [4.69, 9.17) is 5.11 Å². The number of nitrogens with zero attached hydrogens (tertiary/aromatic N) is 2. The second kappa shape index (κ2) is 6.04. The molecule has 1 aliphatic rings. The van der Waals surface area contributed by atoms with Crippen LogP contribution in [-0.2, 0) is 14.4 Å². The highest BCUT2D eigenvalue weighted by molar-refractivity contribution is 5.91. The molecule has 0 unspecified atom stereocenters. The van der Waals surface area contributed by atoms with Crippen molar-refractivity contribution in [3.05, 3.63) is 0 Å². The average molecular weight is 270 g/mol. The molecule has 0 aliphatic carbocycles. The summed E-state index contributed by atoms with van der Waals surface area (Å²) in [6.07, 6.45) is 1.41. The van der Waals surface area contributed by atoms with Gasteiger partial charge in [0.1, 0.15) is 5.54 Å². The van der Waals surface area contributed by atoms with Gasteiger partial charge in [-0.3, -0.25) is 14.4 Å². The summed E-state index contributed by atoms with van der Waals surface area (Å²) >= 11 is 0. The molecule has 0 aromatic carbocycles. The summed E-state index contributed by atoms with van der Waals surface area (Å²) in [6, 6.07) is 0. The molecule has 6 heteroatoms. The monoisotopic (exact) mass is 270 g/mol. The first-order valence-corrected chi connectivity index (χ1v) is 6.54. The van der Waals surface area contributed by atoms with Gasteiger partial charge in [-0.05, 0) is 26.7 Å². The normalized spacial score (nSPS) is 18.6. The second-order valence-electron chi connectivity index (χ2n) is 5.43. The number of amides is 2. The number of rotatable bonds is 5. The Hall–Kier alpha value is -1.59. The summed E-state index contributed by atoms with van der Waals surface area (Å²) < 4.78 is 0. The van der Waals surface area contributed by atoms with Gasteiger partial charge in [0, 0.05) is 33.0 Å². The van der Waals surface area contributed by atoms with Crippen LogP contribution in [0.25, 0.3) is 0 Å². The van der Waals surface area contributed by atoms with E-state index in [1.165, 1.54) is 0 Å². The van der Waals surface area contributed by atoms with E-state index in [0.717, 1.165) is 0 Å². The summed E-state index contributed by atoms with van der Waals surface area (Å²) in [7, 11) is 1.73. The molecule has 0 radical (unpaired) electrons. The molecule has 0 saturated carbocycles. The van der Waals surface area contributed by atoms with Gasteiger partial charge in [0.2, 0.25) is 11.8 Å². The third-order valence-corrected chi connectivity index (χ3v) is 3.54. The van der Waals surface area contributed by atoms with Crippen LogP contribution in [0.1, 0.15) is 39.5 Å². The molecule has 0 aromatic rings. The summed E-state index contributed by atoms with van der Waals surface area (Å²) in [5.74, 6) is -0.975. The van der Waals surface area contributed by atoms with Crippen molar-refractivity contribution in [2.75, 3.05) is 20.1 Å². The first kappa shape index (κ1) is 15.5. The van der Waals surface area contributed by atoms with Gasteiger partial charge >= 0.3 is 5.97 Å². The van der Waals surface area contributed by atoms with E-state index in [-0.39, 0.29) is 18.2 Å². The first-order valence-electron chi connectivity index (χ1n) is 6.54. The summed E-state index contributed by atoms with van der Waals surface area (Å²) in [4.78, 5) is 37.8. The molecular weight excluding hydrogens is 248 g/mol. The van der Waals surface area contributed by atoms with Crippen molar-refractivity contribution in [3.8, 4) is 0 Å². The highest BCUT2D eigenvalue weighted by Gasteiger charge is 2.42. The fraction of sp³-hybridized carbons (Fsp3) is 0.769. The van der Waals surface area contributed by atoms with Crippen molar-refractivity contribution in [2.45, 2.75) is 45.1 Å². The number of hydrogen-bond donors (Lipinski definition) is 1. The van der Waals surface area contributed by atoms with Crippen LogP contribution in [0, 0.1) is 0 Å². The van der Waals surface area contributed by atoms with E-state index in [1.807, 2.05) is 0 Å². The zero-order valence-electron chi connectivity index (χ0n) is 11.8. The third kappa shape index (κ3) is 3.68. The Bertz CT molecular complexity index is 379. The fourth-order valence-electron chi connectivity index (χ4n) is 2.34. The van der Waals surface area contributed by atoms with E-state index in [0.29, 0.717) is 32.4 Å². The lowest BCUT2D eigenvalue weighted by atomic mass is 9.97. The number of carbonyl (C=O) groups excluding carboxylic acids is 2. The van der Waals surface area contributed by atoms with Crippen molar-refractivity contribution in [2.24, 2.45) is 0 Å². The molecule has 1 aliphatic heterocycles. The van der Waals surface area contributed by atoms with Crippen LogP contribution in [0.15, 0.2) is 0 Å². The molecule has 1 saturated heterocycles. The van der Waals surface area contributed by atoms with Crippen LogP contribution in [0.4, 0.5) is 0 Å². The fourth-order valence-corrected chi connectivity index (χ4v) is 2.34. The molecule has 1 heterocycles. The zero-order valence-corrected chi connectivity index (χ0v) is 11.8. The minimum atomic E-state index is -0.845. The van der Waals surface area contributed by atoms with Gasteiger partial charge < -0.3 is 14.9 Å². The standard InChI is InChI=1S/C13H22N2O4/c1-13(2)12(19)14(3)8-9-15(13)10(16)6-4-5-7-11(17)18/h4-9H2,1-3H3,(H,17,18). The van der Waals surface area contributed by atoms with Crippen molar-refractivity contribution >= 4 is 17.8 Å². The van der Waals surface area contributed by atoms with Crippen LogP contribution in [0.3, 0.4) is 0 Å². The minimum absolute atomic E-state index is 0.0577. The maximum atomic E-state index is 12.1. The third-order valence-electron chi connectivity index (χ3n) is 3.54. The molecular formula is C13H22N2O4. The van der Waals surface area contributed by atoms with Crippen LogP contribution in [-0.4, -0.2) is 58.4 Å². The predicted octanol–water partition coefficient (Wildman–Crippen LogP) is 0.711. The molecule has 0 spiro atoms. The lowest BCUT2D eigenvalue weighted by molar-refractivity contribution is -0.157. The summed E-state index contributed by atoms with van der Waals surface area (Å²) in [5, 5.41) is 8.53. The number of hydrogen-bond acceptors (Lipinski definition) is 3. The number of carbonyl (C=O) groups is 3. The molecule has 2 amide bonds. The molecule has 0 atom stereocenters. The van der Waals surface area contributed by atoms with Crippen molar-refractivity contribution in [1.82, 2.24) is 9.80 Å². The van der Waals surface area contributed by atoms with Crippen LogP contribution in [0.2, 0.25) is 0 Å². The van der Waals surface area contributed by atoms with Gasteiger partial charge in [-0.15, -0.1) is 0 Å². The van der Waals surface area contributed by atoms with Gasteiger partial charge in [-0.2, -0.15) is 0 Å². The number of unbranched alkanes of at least 4 members (excludes halogenated alkanes) is 1. The molecule has 1 fully saturated rings. The lowest BCUT2D eigenvalue weighted by Gasteiger charge is -2.44. The van der Waals surface area contributed by atoms with Gasteiger partial charge in [0.25, 0.3) is 0 Å². The van der Waals surface area contributed by atoms with Gasteiger partial charge in [0.15, 0.2) is 0 Å². The Labute approximate surface area is 113 Å². The smallest absolute Gasteiger partial charge is 0.303 e. The highest BCUT2D eigenvalue weighted by Crippen LogP contribution is 2.23. The number of likely N-dealkylation sites (N-methyl/N-ethyl adjacent to an activating group) is 1. The van der Waals surface area contributed by atoms with E-state index in [2.05, 4.69) is 0 Å². The SMILES string of the molecule is CN1CCN(C(=O)CCCCC(=O)O)C(C)(C)C1=O. The van der Waals surface area contributed by atoms with Crippen molar-refractivity contribution in [3.63, 3.8) is 0 Å². The number of carboxylic acids is 1. The maximum absolute atomic E-state index is 12.1. The number of piperazine rings is 1.